The Morgan fingerprint density at radius 3 is 2.70 bits per heavy atom. The second-order valence-electron chi connectivity index (χ2n) is 7.09. The highest BCUT2D eigenvalue weighted by Gasteiger charge is 2.27. The molecule has 0 radical (unpaired) electrons. The summed E-state index contributed by atoms with van der Waals surface area (Å²) >= 11 is 1.41. The van der Waals surface area contributed by atoms with Crippen molar-refractivity contribution in [1.82, 2.24) is 20.2 Å². The molecule has 2 aromatic heterocycles. The Kier molecular flexibility index (Phi) is 4.76. The van der Waals surface area contributed by atoms with Crippen LogP contribution in [0.25, 0.3) is 22.0 Å². The molecule has 5 rings (SSSR count). The van der Waals surface area contributed by atoms with E-state index in [2.05, 4.69) is 25.5 Å². The Hall–Kier alpha value is -3.52. The number of hydrogen-bond donors (Lipinski definition) is 2. The van der Waals surface area contributed by atoms with Crippen LogP contribution in [0, 0.1) is 0 Å². The second kappa shape index (κ2) is 7.72. The zero-order chi connectivity index (χ0) is 20.5. The minimum absolute atomic E-state index is 0.255. The number of carbonyl (C=O) groups excluding carboxylic acids is 1. The van der Waals surface area contributed by atoms with Crippen LogP contribution in [0.15, 0.2) is 53.9 Å². The fourth-order valence-electron chi connectivity index (χ4n) is 3.16. The summed E-state index contributed by atoms with van der Waals surface area (Å²) in [7, 11) is 1.62. The molecule has 0 saturated heterocycles. The summed E-state index contributed by atoms with van der Waals surface area (Å²) in [5, 5.41) is 12.7. The number of hydrogen-bond acceptors (Lipinski definition) is 6. The number of nitrogens with zero attached hydrogens (tertiary/aromatic N) is 3. The van der Waals surface area contributed by atoms with Crippen LogP contribution in [0.1, 0.15) is 35.1 Å². The number of methoxy groups -OCH3 is 1. The van der Waals surface area contributed by atoms with Gasteiger partial charge in [0.1, 0.15) is 22.3 Å². The highest BCUT2D eigenvalue weighted by atomic mass is 32.1. The topological polar surface area (TPSA) is 92.8 Å². The number of benzene rings is 2. The minimum atomic E-state index is -0.255. The van der Waals surface area contributed by atoms with Crippen LogP contribution in [0.3, 0.4) is 0 Å². The first-order valence-corrected chi connectivity index (χ1v) is 10.5. The third-order valence-electron chi connectivity index (χ3n) is 4.94. The predicted octanol–water partition coefficient (Wildman–Crippen LogP) is 4.73. The number of ether oxygens (including phenoxy) is 1. The van der Waals surface area contributed by atoms with Gasteiger partial charge in [-0.3, -0.25) is 9.89 Å². The summed E-state index contributed by atoms with van der Waals surface area (Å²) in [5.74, 6) is 2.64. The Bertz CT molecular complexity index is 1190. The zero-order valence-electron chi connectivity index (χ0n) is 16.3. The molecule has 150 valence electrons. The van der Waals surface area contributed by atoms with E-state index in [1.54, 1.807) is 12.5 Å². The van der Waals surface area contributed by atoms with Crippen molar-refractivity contribution in [2.75, 3.05) is 12.4 Å². The van der Waals surface area contributed by atoms with E-state index in [9.17, 15) is 4.79 Å². The molecule has 2 heterocycles. The summed E-state index contributed by atoms with van der Waals surface area (Å²) < 4.78 is 5.38. The maximum atomic E-state index is 12.6. The molecular weight excluding hydrogens is 398 g/mol. The quantitative estimate of drug-likeness (QED) is 0.473. The number of H-pyrrole nitrogens is 1. The largest absolute Gasteiger partial charge is 0.496 e. The van der Waals surface area contributed by atoms with Crippen LogP contribution in [0.2, 0.25) is 0 Å². The lowest BCUT2D eigenvalue weighted by Crippen LogP contribution is -2.12. The molecule has 30 heavy (non-hydrogen) atoms. The van der Waals surface area contributed by atoms with E-state index in [1.807, 2.05) is 48.5 Å². The molecule has 0 atom stereocenters. The van der Waals surface area contributed by atoms with Gasteiger partial charge in [-0.25, -0.2) is 9.97 Å². The van der Waals surface area contributed by atoms with Crippen molar-refractivity contribution in [1.29, 1.82) is 0 Å². The van der Waals surface area contributed by atoms with Gasteiger partial charge in [0.25, 0.3) is 5.91 Å². The summed E-state index contributed by atoms with van der Waals surface area (Å²) in [6, 6.07) is 15.1. The molecule has 1 aliphatic carbocycles. The highest BCUT2D eigenvalue weighted by Crippen LogP contribution is 2.38. The summed E-state index contributed by atoms with van der Waals surface area (Å²) in [4.78, 5) is 21.7. The molecule has 0 unspecified atom stereocenters. The molecule has 8 heteroatoms. The van der Waals surface area contributed by atoms with Crippen molar-refractivity contribution in [3.8, 4) is 27.7 Å². The molecule has 0 spiro atoms. The van der Waals surface area contributed by atoms with Gasteiger partial charge in [-0.1, -0.05) is 12.1 Å². The van der Waals surface area contributed by atoms with Gasteiger partial charge in [0.15, 0.2) is 5.82 Å². The van der Waals surface area contributed by atoms with Gasteiger partial charge in [0, 0.05) is 22.5 Å². The zero-order valence-corrected chi connectivity index (χ0v) is 17.1. The average Bonchev–Trinajstić information content (AvgIpc) is 3.31. The van der Waals surface area contributed by atoms with Gasteiger partial charge in [0.05, 0.1) is 12.7 Å². The summed E-state index contributed by atoms with van der Waals surface area (Å²) in [5.41, 5.74) is 2.83. The molecule has 0 aliphatic heterocycles. The van der Waals surface area contributed by atoms with Gasteiger partial charge in [-0.2, -0.15) is 5.10 Å². The Balaban J connectivity index is 1.29. The monoisotopic (exact) mass is 417 g/mol. The Morgan fingerprint density at radius 2 is 1.93 bits per heavy atom. The van der Waals surface area contributed by atoms with E-state index < -0.39 is 0 Å². The van der Waals surface area contributed by atoms with E-state index in [1.165, 1.54) is 24.2 Å². The first-order valence-electron chi connectivity index (χ1n) is 9.64. The van der Waals surface area contributed by atoms with Crippen LogP contribution in [-0.4, -0.2) is 33.2 Å². The third kappa shape index (κ3) is 3.69. The number of thiazole rings is 1. The molecule has 1 saturated carbocycles. The molecule has 2 aromatic carbocycles. The van der Waals surface area contributed by atoms with Crippen LogP contribution >= 0.6 is 11.3 Å². The van der Waals surface area contributed by atoms with E-state index in [4.69, 9.17) is 4.74 Å². The normalized spacial score (nSPS) is 13.2. The number of nitrogens with one attached hydrogen (secondary N) is 2. The van der Waals surface area contributed by atoms with E-state index >= 15 is 0 Å². The lowest BCUT2D eigenvalue weighted by molar-refractivity contribution is 0.102. The molecule has 2 N–H and O–H groups in total. The molecule has 7 nitrogen and oxygen atoms in total. The number of aromatic nitrogens is 4. The molecular formula is C22H19N5O2S. The summed E-state index contributed by atoms with van der Waals surface area (Å²) in [6.45, 7) is 0. The van der Waals surface area contributed by atoms with Gasteiger partial charge in [-0.15, -0.1) is 11.3 Å². The highest BCUT2D eigenvalue weighted by molar-refractivity contribution is 7.13. The number of para-hydroxylation sites is 1. The van der Waals surface area contributed by atoms with Crippen molar-refractivity contribution in [3.63, 3.8) is 0 Å². The maximum absolute atomic E-state index is 12.6. The van der Waals surface area contributed by atoms with Crippen molar-refractivity contribution >= 4 is 22.9 Å². The van der Waals surface area contributed by atoms with E-state index in [0.717, 1.165) is 27.7 Å². The first kappa shape index (κ1) is 18.5. The van der Waals surface area contributed by atoms with Crippen molar-refractivity contribution in [3.05, 3.63) is 65.4 Å². The molecule has 1 amide bonds. The minimum Gasteiger partial charge on any atom is -0.496 e. The molecule has 4 aromatic rings. The van der Waals surface area contributed by atoms with Crippen LogP contribution in [0.5, 0.6) is 5.75 Å². The second-order valence-corrected chi connectivity index (χ2v) is 7.95. The number of amides is 1. The SMILES string of the molecule is COc1ccccc1-c1nc(C(=O)Nc2ccc(-c3n[nH]c(C4CC4)n3)cc2)cs1. The number of anilines is 1. The lowest BCUT2D eigenvalue weighted by atomic mass is 10.2. The van der Waals surface area contributed by atoms with Crippen LogP contribution in [-0.2, 0) is 0 Å². The Labute approximate surface area is 177 Å². The van der Waals surface area contributed by atoms with Crippen LogP contribution in [0.4, 0.5) is 5.69 Å². The third-order valence-corrected chi connectivity index (χ3v) is 5.82. The fraction of sp³-hybridized carbons (Fsp3) is 0.182. The number of carbonyl (C=O) groups is 1. The molecule has 1 fully saturated rings. The number of rotatable bonds is 6. The first-order chi connectivity index (χ1) is 14.7. The molecule has 0 bridgehead atoms. The summed E-state index contributed by atoms with van der Waals surface area (Å²) in [6.07, 6.45) is 2.35. The van der Waals surface area contributed by atoms with Crippen molar-refractivity contribution in [2.45, 2.75) is 18.8 Å². The standard InChI is InChI=1S/C22H19N5O2S/c1-29-18-5-3-2-4-16(18)22-24-17(12-30-22)21(28)23-15-10-8-14(9-11-15)20-25-19(26-27-20)13-6-7-13/h2-5,8-13H,6-7H2,1H3,(H,23,28)(H,25,26,27). The molecule has 1 aliphatic rings. The lowest BCUT2D eigenvalue weighted by Gasteiger charge is -2.05. The Morgan fingerprint density at radius 1 is 1.13 bits per heavy atom. The average molecular weight is 417 g/mol. The van der Waals surface area contributed by atoms with E-state index in [0.29, 0.717) is 23.1 Å². The van der Waals surface area contributed by atoms with Crippen molar-refractivity contribution < 1.29 is 9.53 Å². The smallest absolute Gasteiger partial charge is 0.275 e. The van der Waals surface area contributed by atoms with Gasteiger partial charge < -0.3 is 10.1 Å². The van der Waals surface area contributed by atoms with E-state index in [-0.39, 0.29) is 5.91 Å². The van der Waals surface area contributed by atoms with Gasteiger partial charge in [0.2, 0.25) is 0 Å². The van der Waals surface area contributed by atoms with Gasteiger partial charge >= 0.3 is 0 Å². The van der Waals surface area contributed by atoms with Crippen molar-refractivity contribution in [2.24, 2.45) is 0 Å². The van der Waals surface area contributed by atoms with Gasteiger partial charge in [-0.05, 0) is 49.2 Å². The number of aromatic amines is 1. The van der Waals surface area contributed by atoms with Crippen LogP contribution < -0.4 is 10.1 Å². The maximum Gasteiger partial charge on any atom is 0.275 e. The fourth-order valence-corrected chi connectivity index (χ4v) is 3.99. The predicted molar refractivity (Wildman–Crippen MR) is 116 cm³/mol.